The van der Waals surface area contributed by atoms with Crippen LogP contribution in [0.25, 0.3) is 0 Å². The smallest absolute Gasteiger partial charge is 0.181 e. The van der Waals surface area contributed by atoms with E-state index < -0.39 is 15.7 Å². The van der Waals surface area contributed by atoms with E-state index in [2.05, 4.69) is 0 Å². The van der Waals surface area contributed by atoms with E-state index in [1.54, 1.807) is 31.4 Å². The molecule has 0 aliphatic heterocycles. The van der Waals surface area contributed by atoms with Gasteiger partial charge in [0.2, 0.25) is 0 Å². The van der Waals surface area contributed by atoms with Crippen molar-refractivity contribution in [1.29, 1.82) is 0 Å². The highest BCUT2D eigenvalue weighted by atomic mass is 32.2. The SMILES string of the molecule is COc1ccc(CCS(=O)(=O)c2ccccc2F)cc1. The second kappa shape index (κ2) is 6.05. The Morgan fingerprint density at radius 1 is 1.05 bits per heavy atom. The Labute approximate surface area is 117 Å². The molecule has 0 aliphatic carbocycles. The zero-order valence-electron chi connectivity index (χ0n) is 11.0. The lowest BCUT2D eigenvalue weighted by Gasteiger charge is -2.06. The zero-order valence-corrected chi connectivity index (χ0v) is 11.9. The van der Waals surface area contributed by atoms with Crippen LogP contribution in [-0.4, -0.2) is 21.3 Å². The van der Waals surface area contributed by atoms with Crippen LogP contribution in [0.1, 0.15) is 5.56 Å². The first-order valence-electron chi connectivity index (χ1n) is 6.13. The van der Waals surface area contributed by atoms with Gasteiger partial charge in [0.15, 0.2) is 9.84 Å². The Morgan fingerprint density at radius 3 is 2.30 bits per heavy atom. The first-order valence-corrected chi connectivity index (χ1v) is 7.78. The molecule has 0 amide bonds. The molecular formula is C15H15FO3S. The van der Waals surface area contributed by atoms with Crippen LogP contribution in [0.2, 0.25) is 0 Å². The predicted octanol–water partition coefficient (Wildman–Crippen LogP) is 2.85. The number of sulfone groups is 1. The minimum absolute atomic E-state index is 0.125. The van der Waals surface area contributed by atoms with E-state index in [0.29, 0.717) is 12.2 Å². The Balaban J connectivity index is 2.11. The van der Waals surface area contributed by atoms with Crippen molar-refractivity contribution in [1.82, 2.24) is 0 Å². The summed E-state index contributed by atoms with van der Waals surface area (Å²) in [6.07, 6.45) is 0.334. The Kier molecular flexibility index (Phi) is 4.39. The molecular weight excluding hydrogens is 279 g/mol. The average Bonchev–Trinajstić information content (AvgIpc) is 2.46. The van der Waals surface area contributed by atoms with Crippen molar-refractivity contribution in [2.75, 3.05) is 12.9 Å². The molecule has 2 rings (SSSR count). The number of hydrogen-bond acceptors (Lipinski definition) is 3. The highest BCUT2D eigenvalue weighted by Crippen LogP contribution is 2.17. The fourth-order valence-electron chi connectivity index (χ4n) is 1.85. The molecule has 0 fully saturated rings. The lowest BCUT2D eigenvalue weighted by atomic mass is 10.2. The van der Waals surface area contributed by atoms with E-state index in [1.165, 1.54) is 18.2 Å². The highest BCUT2D eigenvalue weighted by molar-refractivity contribution is 7.91. The van der Waals surface area contributed by atoms with E-state index in [0.717, 1.165) is 11.6 Å². The third-order valence-corrected chi connectivity index (χ3v) is 4.73. The van der Waals surface area contributed by atoms with E-state index in [9.17, 15) is 12.8 Å². The molecule has 3 nitrogen and oxygen atoms in total. The molecule has 106 valence electrons. The van der Waals surface area contributed by atoms with Gasteiger partial charge in [-0.1, -0.05) is 24.3 Å². The number of benzene rings is 2. The largest absolute Gasteiger partial charge is 0.497 e. The second-order valence-electron chi connectivity index (χ2n) is 4.35. The first kappa shape index (κ1) is 14.5. The maximum atomic E-state index is 13.5. The van der Waals surface area contributed by atoms with E-state index >= 15 is 0 Å². The third kappa shape index (κ3) is 3.36. The number of methoxy groups -OCH3 is 1. The van der Waals surface area contributed by atoms with Gasteiger partial charge in [0.05, 0.1) is 12.9 Å². The van der Waals surface area contributed by atoms with Crippen LogP contribution < -0.4 is 4.74 Å². The van der Waals surface area contributed by atoms with Gasteiger partial charge in [0, 0.05) is 0 Å². The van der Waals surface area contributed by atoms with Crippen LogP contribution in [0.4, 0.5) is 4.39 Å². The van der Waals surface area contributed by atoms with Crippen LogP contribution in [0, 0.1) is 5.82 Å². The minimum Gasteiger partial charge on any atom is -0.497 e. The lowest BCUT2D eigenvalue weighted by molar-refractivity contribution is 0.414. The van der Waals surface area contributed by atoms with Crippen LogP contribution in [0.5, 0.6) is 5.75 Å². The Hall–Kier alpha value is -1.88. The van der Waals surface area contributed by atoms with Gasteiger partial charge >= 0.3 is 0 Å². The summed E-state index contributed by atoms with van der Waals surface area (Å²) in [6.45, 7) is 0. The number of ether oxygens (including phenoxy) is 1. The van der Waals surface area contributed by atoms with E-state index in [4.69, 9.17) is 4.74 Å². The van der Waals surface area contributed by atoms with E-state index in [-0.39, 0.29) is 10.6 Å². The molecule has 0 unspecified atom stereocenters. The summed E-state index contributed by atoms with van der Waals surface area (Å²) in [6, 6.07) is 12.6. The van der Waals surface area contributed by atoms with Crippen molar-refractivity contribution in [3.63, 3.8) is 0 Å². The first-order chi connectivity index (χ1) is 9.53. The molecule has 0 atom stereocenters. The quantitative estimate of drug-likeness (QED) is 0.851. The molecule has 0 bridgehead atoms. The van der Waals surface area contributed by atoms with Crippen molar-refractivity contribution in [3.8, 4) is 5.75 Å². The monoisotopic (exact) mass is 294 g/mol. The molecule has 0 radical (unpaired) electrons. The number of rotatable bonds is 5. The van der Waals surface area contributed by atoms with Gasteiger partial charge in [-0.25, -0.2) is 12.8 Å². The highest BCUT2D eigenvalue weighted by Gasteiger charge is 2.18. The molecule has 2 aromatic carbocycles. The summed E-state index contributed by atoms with van der Waals surface area (Å²) in [5.41, 5.74) is 0.866. The van der Waals surface area contributed by atoms with Crippen molar-refractivity contribution >= 4 is 9.84 Å². The molecule has 0 aromatic heterocycles. The summed E-state index contributed by atoms with van der Waals surface area (Å²) < 4.78 is 42.7. The van der Waals surface area contributed by atoms with Crippen LogP contribution in [0.15, 0.2) is 53.4 Å². The summed E-state index contributed by atoms with van der Waals surface area (Å²) in [5.74, 6) is -0.117. The van der Waals surface area contributed by atoms with Gasteiger partial charge in [0.25, 0.3) is 0 Å². The lowest BCUT2D eigenvalue weighted by Crippen LogP contribution is -2.11. The molecule has 0 spiro atoms. The Morgan fingerprint density at radius 2 is 1.70 bits per heavy atom. The molecule has 0 heterocycles. The predicted molar refractivity (Wildman–Crippen MR) is 75.2 cm³/mol. The average molecular weight is 294 g/mol. The summed E-state index contributed by atoms with van der Waals surface area (Å²) in [7, 11) is -2.04. The second-order valence-corrected chi connectivity index (χ2v) is 6.42. The van der Waals surface area contributed by atoms with Crippen molar-refractivity contribution in [3.05, 3.63) is 59.9 Å². The van der Waals surface area contributed by atoms with Gasteiger partial charge in [0.1, 0.15) is 16.5 Å². The normalized spacial score (nSPS) is 11.3. The fraction of sp³-hybridized carbons (Fsp3) is 0.200. The Bertz CT molecular complexity index is 679. The van der Waals surface area contributed by atoms with Crippen molar-refractivity contribution < 1.29 is 17.5 Å². The minimum atomic E-state index is -3.61. The zero-order chi connectivity index (χ0) is 14.6. The van der Waals surface area contributed by atoms with Crippen LogP contribution in [0.3, 0.4) is 0 Å². The van der Waals surface area contributed by atoms with Gasteiger partial charge in [-0.2, -0.15) is 0 Å². The van der Waals surface area contributed by atoms with Crippen molar-refractivity contribution in [2.45, 2.75) is 11.3 Å². The van der Waals surface area contributed by atoms with Gasteiger partial charge in [-0.15, -0.1) is 0 Å². The molecule has 0 saturated carbocycles. The maximum Gasteiger partial charge on any atom is 0.181 e. The molecule has 5 heteroatoms. The standard InChI is InChI=1S/C15H15FO3S/c1-19-13-8-6-12(7-9-13)10-11-20(17,18)15-5-3-2-4-14(15)16/h2-9H,10-11H2,1H3. The van der Waals surface area contributed by atoms with Crippen molar-refractivity contribution in [2.24, 2.45) is 0 Å². The van der Waals surface area contributed by atoms with E-state index in [1.807, 2.05) is 0 Å². The third-order valence-electron chi connectivity index (χ3n) is 2.99. The summed E-state index contributed by atoms with van der Waals surface area (Å²) >= 11 is 0. The fourth-order valence-corrected chi connectivity index (χ4v) is 3.23. The van der Waals surface area contributed by atoms with Gasteiger partial charge in [-0.05, 0) is 36.2 Å². The van der Waals surface area contributed by atoms with Gasteiger partial charge < -0.3 is 4.74 Å². The number of halogens is 1. The molecule has 2 aromatic rings. The summed E-state index contributed by atoms with van der Waals surface area (Å²) in [4.78, 5) is -0.242. The molecule has 0 saturated heterocycles. The number of aryl methyl sites for hydroxylation is 1. The van der Waals surface area contributed by atoms with Crippen LogP contribution >= 0.6 is 0 Å². The molecule has 0 N–H and O–H groups in total. The molecule has 20 heavy (non-hydrogen) atoms. The topological polar surface area (TPSA) is 43.4 Å². The summed E-state index contributed by atoms with van der Waals surface area (Å²) in [5, 5.41) is 0. The molecule has 0 aliphatic rings. The van der Waals surface area contributed by atoms with Crippen LogP contribution in [-0.2, 0) is 16.3 Å². The maximum absolute atomic E-state index is 13.5. The van der Waals surface area contributed by atoms with Gasteiger partial charge in [-0.3, -0.25) is 0 Å². The number of hydrogen-bond donors (Lipinski definition) is 0.